The van der Waals surface area contributed by atoms with Gasteiger partial charge in [-0.15, -0.1) is 11.3 Å². The Morgan fingerprint density at radius 1 is 1.43 bits per heavy atom. The van der Waals surface area contributed by atoms with E-state index in [-0.39, 0.29) is 0 Å². The first-order valence-corrected chi connectivity index (χ1v) is 10.4. The van der Waals surface area contributed by atoms with Crippen LogP contribution >= 0.6 is 27.3 Å². The smallest absolute Gasteiger partial charge is 0.243 e. The molecule has 0 atom stereocenters. The lowest BCUT2D eigenvalue weighted by atomic mass is 10.0. The fraction of sp³-hybridized carbons (Fsp3) is 0.714. The summed E-state index contributed by atoms with van der Waals surface area (Å²) in [5, 5.41) is 3.41. The molecule has 21 heavy (non-hydrogen) atoms. The quantitative estimate of drug-likeness (QED) is 0.707. The summed E-state index contributed by atoms with van der Waals surface area (Å²) in [6.07, 6.45) is 4.20. The van der Waals surface area contributed by atoms with Gasteiger partial charge < -0.3 is 5.32 Å². The zero-order valence-electron chi connectivity index (χ0n) is 12.7. The normalized spacial score (nSPS) is 16.4. The number of hydrogen-bond acceptors (Lipinski definition) is 4. The van der Waals surface area contributed by atoms with Gasteiger partial charge in [-0.3, -0.25) is 0 Å². The van der Waals surface area contributed by atoms with E-state index >= 15 is 0 Å². The molecule has 2 N–H and O–H groups in total. The second kappa shape index (κ2) is 6.66. The van der Waals surface area contributed by atoms with Crippen LogP contribution in [0.2, 0.25) is 0 Å². The molecule has 0 unspecified atom stereocenters. The fourth-order valence-corrected chi connectivity index (χ4v) is 6.37. The largest absolute Gasteiger partial charge is 0.309 e. The lowest BCUT2D eigenvalue weighted by molar-refractivity contribution is 0.417. The third-order valence-corrected chi connectivity index (χ3v) is 7.37. The van der Waals surface area contributed by atoms with E-state index in [1.807, 2.05) is 13.8 Å². The fourth-order valence-electron chi connectivity index (χ4n) is 2.30. The van der Waals surface area contributed by atoms with Gasteiger partial charge in [0.1, 0.15) is 4.90 Å². The van der Waals surface area contributed by atoms with Gasteiger partial charge in [-0.25, -0.2) is 13.1 Å². The molecule has 0 spiro atoms. The molecule has 4 nitrogen and oxygen atoms in total. The predicted octanol–water partition coefficient (Wildman–Crippen LogP) is 3.62. The number of sulfonamides is 1. The molecule has 0 bridgehead atoms. The molecule has 1 aliphatic carbocycles. The maximum Gasteiger partial charge on any atom is 0.243 e. The van der Waals surface area contributed by atoms with Gasteiger partial charge in [0.15, 0.2) is 0 Å². The number of halogens is 1. The van der Waals surface area contributed by atoms with Crippen molar-refractivity contribution < 1.29 is 8.42 Å². The van der Waals surface area contributed by atoms with Crippen molar-refractivity contribution in [1.82, 2.24) is 10.0 Å². The maximum atomic E-state index is 12.6. The van der Waals surface area contributed by atoms with Crippen LogP contribution < -0.4 is 10.0 Å². The van der Waals surface area contributed by atoms with Gasteiger partial charge in [-0.1, -0.05) is 13.3 Å². The molecule has 1 fully saturated rings. The van der Waals surface area contributed by atoms with Gasteiger partial charge in [0.2, 0.25) is 10.0 Å². The Bertz CT molecular complexity index is 592. The number of hydrogen-bond donors (Lipinski definition) is 2. The molecule has 1 saturated carbocycles. The van der Waals surface area contributed by atoms with Crippen LogP contribution in [0.5, 0.6) is 0 Å². The van der Waals surface area contributed by atoms with E-state index in [2.05, 4.69) is 32.9 Å². The summed E-state index contributed by atoms with van der Waals surface area (Å²) in [6, 6.07) is 2.39. The van der Waals surface area contributed by atoms with Crippen molar-refractivity contribution >= 4 is 37.3 Å². The summed E-state index contributed by atoms with van der Waals surface area (Å²) in [5.74, 6) is 0. The Balaban J connectivity index is 2.11. The molecule has 0 amide bonds. The van der Waals surface area contributed by atoms with Crippen LogP contribution in [0, 0.1) is 0 Å². The molecular weight excluding hydrogens is 372 g/mol. The molecule has 1 aromatic rings. The van der Waals surface area contributed by atoms with Crippen molar-refractivity contribution in [2.75, 3.05) is 0 Å². The average Bonchev–Trinajstić information content (AvgIpc) is 3.07. The highest BCUT2D eigenvalue weighted by molar-refractivity contribution is 9.11. The summed E-state index contributed by atoms with van der Waals surface area (Å²) in [4.78, 5) is 1.40. The van der Waals surface area contributed by atoms with Crippen LogP contribution in [0.25, 0.3) is 0 Å². The molecule has 0 aromatic carbocycles. The van der Waals surface area contributed by atoms with Gasteiger partial charge in [0.25, 0.3) is 0 Å². The van der Waals surface area contributed by atoms with Crippen LogP contribution in [-0.2, 0) is 16.6 Å². The molecule has 120 valence electrons. The van der Waals surface area contributed by atoms with E-state index in [0.29, 0.717) is 14.7 Å². The van der Waals surface area contributed by atoms with Crippen molar-refractivity contribution in [3.8, 4) is 0 Å². The van der Waals surface area contributed by atoms with Gasteiger partial charge >= 0.3 is 0 Å². The Labute approximate surface area is 139 Å². The molecule has 0 radical (unpaired) electrons. The highest BCUT2D eigenvalue weighted by Gasteiger charge is 2.28. The Hall–Kier alpha value is 0.0500. The maximum absolute atomic E-state index is 12.6. The molecular formula is C14H23BrN2O2S2. The van der Waals surface area contributed by atoms with E-state index in [0.717, 1.165) is 24.3 Å². The average molecular weight is 395 g/mol. The predicted molar refractivity (Wildman–Crippen MR) is 91.2 cm³/mol. The van der Waals surface area contributed by atoms with Crippen molar-refractivity contribution in [3.63, 3.8) is 0 Å². The van der Waals surface area contributed by atoms with Crippen LogP contribution in [0.15, 0.2) is 14.7 Å². The lowest BCUT2D eigenvalue weighted by Crippen LogP contribution is -2.43. The Morgan fingerprint density at radius 3 is 2.67 bits per heavy atom. The summed E-state index contributed by atoms with van der Waals surface area (Å²) < 4.78 is 28.6. The van der Waals surface area contributed by atoms with E-state index in [1.165, 1.54) is 24.2 Å². The van der Waals surface area contributed by atoms with Gasteiger partial charge in [0, 0.05) is 23.0 Å². The monoisotopic (exact) mass is 394 g/mol. The first-order chi connectivity index (χ1) is 9.73. The molecule has 1 aromatic heterocycles. The molecule has 1 aliphatic rings. The molecule has 0 aliphatic heterocycles. The Kier molecular flexibility index (Phi) is 5.52. The minimum atomic E-state index is -3.49. The van der Waals surface area contributed by atoms with Crippen LogP contribution in [-0.4, -0.2) is 20.0 Å². The summed E-state index contributed by atoms with van der Waals surface area (Å²) in [7, 11) is -3.49. The van der Waals surface area contributed by atoms with Crippen molar-refractivity contribution in [3.05, 3.63) is 14.7 Å². The summed E-state index contributed by atoms with van der Waals surface area (Å²) in [5.41, 5.74) is -0.429. The first kappa shape index (κ1) is 17.4. The van der Waals surface area contributed by atoms with Crippen molar-refractivity contribution in [2.24, 2.45) is 0 Å². The van der Waals surface area contributed by atoms with E-state index in [9.17, 15) is 8.42 Å². The topological polar surface area (TPSA) is 58.2 Å². The number of nitrogens with one attached hydrogen (secondary N) is 2. The van der Waals surface area contributed by atoms with Crippen LogP contribution in [0.3, 0.4) is 0 Å². The minimum absolute atomic E-state index is 0.351. The van der Waals surface area contributed by atoms with Crippen molar-refractivity contribution in [1.29, 1.82) is 0 Å². The second-order valence-electron chi connectivity index (χ2n) is 6.25. The second-order valence-corrected chi connectivity index (χ2v) is 10.4. The Morgan fingerprint density at radius 2 is 2.10 bits per heavy atom. The standard InChI is InChI=1S/C14H23BrN2O2S2/c1-4-7-14(2,3)17-21(18,19)12-8-11(20-13(12)15)9-16-10-5-6-10/h8,10,16-17H,4-7,9H2,1-3H3. The molecule has 2 rings (SSSR count). The van der Waals surface area contributed by atoms with Gasteiger partial charge in [-0.2, -0.15) is 0 Å². The third-order valence-electron chi connectivity index (χ3n) is 3.42. The number of rotatable bonds is 8. The number of thiophene rings is 1. The lowest BCUT2D eigenvalue weighted by Gasteiger charge is -2.25. The highest BCUT2D eigenvalue weighted by Crippen LogP contribution is 2.33. The van der Waals surface area contributed by atoms with E-state index in [4.69, 9.17) is 0 Å². The highest BCUT2D eigenvalue weighted by atomic mass is 79.9. The van der Waals surface area contributed by atoms with Crippen LogP contribution in [0.4, 0.5) is 0 Å². The zero-order chi connectivity index (χ0) is 15.7. The zero-order valence-corrected chi connectivity index (χ0v) is 15.9. The SMILES string of the molecule is CCCC(C)(C)NS(=O)(=O)c1cc(CNC2CC2)sc1Br. The van der Waals surface area contributed by atoms with E-state index < -0.39 is 15.6 Å². The third kappa shape index (κ3) is 5.03. The summed E-state index contributed by atoms with van der Waals surface area (Å²) in [6.45, 7) is 6.63. The van der Waals surface area contributed by atoms with Crippen LogP contribution in [0.1, 0.15) is 51.3 Å². The minimum Gasteiger partial charge on any atom is -0.309 e. The summed E-state index contributed by atoms with van der Waals surface area (Å²) >= 11 is 4.88. The van der Waals surface area contributed by atoms with Gasteiger partial charge in [0.05, 0.1) is 3.79 Å². The first-order valence-electron chi connectivity index (χ1n) is 7.29. The molecule has 7 heteroatoms. The van der Waals surface area contributed by atoms with E-state index in [1.54, 1.807) is 6.07 Å². The van der Waals surface area contributed by atoms with Crippen molar-refractivity contribution in [2.45, 2.75) is 69.5 Å². The molecule has 0 saturated heterocycles. The molecule has 1 heterocycles. The van der Waals surface area contributed by atoms with Gasteiger partial charge in [-0.05, 0) is 55.1 Å².